The summed E-state index contributed by atoms with van der Waals surface area (Å²) in [5, 5.41) is 2.87. The molecule has 0 heterocycles. The second kappa shape index (κ2) is 9.37. The molecule has 0 aliphatic rings. The van der Waals surface area contributed by atoms with E-state index in [1.54, 1.807) is 27.4 Å². The highest BCUT2D eigenvalue weighted by Gasteiger charge is 2.07. The Morgan fingerprint density at radius 2 is 1.76 bits per heavy atom. The van der Waals surface area contributed by atoms with Gasteiger partial charge in [-0.1, -0.05) is 24.3 Å². The van der Waals surface area contributed by atoms with Gasteiger partial charge in [0.1, 0.15) is 5.75 Å². The van der Waals surface area contributed by atoms with Crippen LogP contribution in [0.5, 0.6) is 17.2 Å². The summed E-state index contributed by atoms with van der Waals surface area (Å²) in [6.07, 6.45) is 3.96. The Labute approximate surface area is 148 Å². The van der Waals surface area contributed by atoms with Crippen molar-refractivity contribution < 1.29 is 19.0 Å². The second-order valence-electron chi connectivity index (χ2n) is 5.31. The molecule has 2 aromatic carbocycles. The van der Waals surface area contributed by atoms with E-state index in [4.69, 9.17) is 14.2 Å². The predicted octanol–water partition coefficient (Wildman–Crippen LogP) is 3.08. The van der Waals surface area contributed by atoms with Crippen molar-refractivity contribution in [2.45, 2.75) is 6.42 Å². The Balaban J connectivity index is 1.88. The topological polar surface area (TPSA) is 56.8 Å². The molecule has 0 atom stereocenters. The average Bonchev–Trinajstić information content (AvgIpc) is 2.66. The third-order valence-electron chi connectivity index (χ3n) is 3.72. The highest BCUT2D eigenvalue weighted by molar-refractivity contribution is 5.92. The van der Waals surface area contributed by atoms with Crippen LogP contribution in [-0.4, -0.2) is 33.8 Å². The Bertz CT molecular complexity index is 723. The van der Waals surface area contributed by atoms with Crippen LogP contribution in [0.3, 0.4) is 0 Å². The molecule has 0 aromatic heterocycles. The summed E-state index contributed by atoms with van der Waals surface area (Å²) < 4.78 is 15.7. The maximum absolute atomic E-state index is 12.0. The van der Waals surface area contributed by atoms with Crippen molar-refractivity contribution in [1.82, 2.24) is 5.32 Å². The zero-order chi connectivity index (χ0) is 18.1. The lowest BCUT2D eigenvalue weighted by Crippen LogP contribution is -2.23. The summed E-state index contributed by atoms with van der Waals surface area (Å²) in [7, 11) is 4.79. The van der Waals surface area contributed by atoms with Crippen LogP contribution in [0.25, 0.3) is 6.08 Å². The Morgan fingerprint density at radius 3 is 2.40 bits per heavy atom. The summed E-state index contributed by atoms with van der Waals surface area (Å²) >= 11 is 0. The number of amides is 1. The smallest absolute Gasteiger partial charge is 0.244 e. The lowest BCUT2D eigenvalue weighted by molar-refractivity contribution is -0.116. The molecule has 0 spiro atoms. The average molecular weight is 341 g/mol. The van der Waals surface area contributed by atoms with E-state index in [-0.39, 0.29) is 5.91 Å². The van der Waals surface area contributed by atoms with Gasteiger partial charge in [0.2, 0.25) is 5.91 Å². The molecule has 2 aromatic rings. The zero-order valence-electron chi connectivity index (χ0n) is 14.7. The first-order chi connectivity index (χ1) is 12.2. The molecule has 1 amide bonds. The second-order valence-corrected chi connectivity index (χ2v) is 5.31. The van der Waals surface area contributed by atoms with Gasteiger partial charge >= 0.3 is 0 Å². The van der Waals surface area contributed by atoms with E-state index in [0.717, 1.165) is 23.3 Å². The number of methoxy groups -OCH3 is 3. The molecule has 132 valence electrons. The van der Waals surface area contributed by atoms with E-state index in [1.807, 2.05) is 42.5 Å². The molecule has 0 bridgehead atoms. The standard InChI is InChI=1S/C20H23NO4/c1-23-17-10-7-15(8-11-17)13-14-21-19(22)12-9-16-5-4-6-18(24-2)20(16)25-3/h4-12H,13-14H2,1-3H3,(H,21,22)/b12-9+. The van der Waals surface area contributed by atoms with Gasteiger partial charge in [-0.3, -0.25) is 4.79 Å². The van der Waals surface area contributed by atoms with Crippen molar-refractivity contribution in [3.8, 4) is 17.2 Å². The third-order valence-corrected chi connectivity index (χ3v) is 3.72. The molecule has 0 unspecified atom stereocenters. The van der Waals surface area contributed by atoms with Crippen LogP contribution in [-0.2, 0) is 11.2 Å². The van der Waals surface area contributed by atoms with Gasteiger partial charge in [-0.05, 0) is 36.3 Å². The number of benzene rings is 2. The largest absolute Gasteiger partial charge is 0.497 e. The van der Waals surface area contributed by atoms with E-state index >= 15 is 0 Å². The molecule has 0 aliphatic carbocycles. The van der Waals surface area contributed by atoms with Gasteiger partial charge in [0.05, 0.1) is 21.3 Å². The lowest BCUT2D eigenvalue weighted by atomic mass is 10.1. The van der Waals surface area contributed by atoms with Crippen molar-refractivity contribution in [3.63, 3.8) is 0 Å². The first-order valence-electron chi connectivity index (χ1n) is 7.97. The minimum Gasteiger partial charge on any atom is -0.497 e. The van der Waals surface area contributed by atoms with Crippen LogP contribution in [0, 0.1) is 0 Å². The van der Waals surface area contributed by atoms with Crippen molar-refractivity contribution in [3.05, 3.63) is 59.7 Å². The normalized spacial score (nSPS) is 10.5. The van der Waals surface area contributed by atoms with E-state index < -0.39 is 0 Å². The van der Waals surface area contributed by atoms with Crippen LogP contribution in [0.15, 0.2) is 48.5 Å². The van der Waals surface area contributed by atoms with Gasteiger partial charge in [0, 0.05) is 18.2 Å². The van der Waals surface area contributed by atoms with Crippen LogP contribution < -0.4 is 19.5 Å². The number of para-hydroxylation sites is 1. The first kappa shape index (κ1) is 18.4. The van der Waals surface area contributed by atoms with Gasteiger partial charge in [0.25, 0.3) is 0 Å². The predicted molar refractivity (Wildman–Crippen MR) is 98.3 cm³/mol. The molecule has 2 rings (SSSR count). The summed E-state index contributed by atoms with van der Waals surface area (Å²) in [6.45, 7) is 0.560. The van der Waals surface area contributed by atoms with Crippen LogP contribution in [0.4, 0.5) is 0 Å². The molecule has 0 saturated heterocycles. The number of carbonyl (C=O) groups is 1. The molecular weight excluding hydrogens is 318 g/mol. The van der Waals surface area contributed by atoms with Crippen molar-refractivity contribution in [1.29, 1.82) is 0 Å². The maximum Gasteiger partial charge on any atom is 0.244 e. The molecule has 0 aliphatic heterocycles. The SMILES string of the molecule is COc1ccc(CCNC(=O)/C=C/c2cccc(OC)c2OC)cc1. The minimum atomic E-state index is -0.154. The first-order valence-corrected chi connectivity index (χ1v) is 7.97. The minimum absolute atomic E-state index is 0.154. The summed E-state index contributed by atoms with van der Waals surface area (Å²) in [4.78, 5) is 12.0. The number of hydrogen-bond acceptors (Lipinski definition) is 4. The van der Waals surface area contributed by atoms with Gasteiger partial charge in [-0.2, -0.15) is 0 Å². The van der Waals surface area contributed by atoms with Gasteiger partial charge in [-0.15, -0.1) is 0 Å². The zero-order valence-corrected chi connectivity index (χ0v) is 14.7. The highest BCUT2D eigenvalue weighted by atomic mass is 16.5. The fourth-order valence-electron chi connectivity index (χ4n) is 2.39. The van der Waals surface area contributed by atoms with Gasteiger partial charge < -0.3 is 19.5 Å². The van der Waals surface area contributed by atoms with E-state index in [2.05, 4.69) is 5.32 Å². The fourth-order valence-corrected chi connectivity index (χ4v) is 2.39. The van der Waals surface area contributed by atoms with Gasteiger partial charge in [0.15, 0.2) is 11.5 Å². The summed E-state index contributed by atoms with van der Waals surface area (Å²) in [5.74, 6) is 1.90. The Hall–Kier alpha value is -2.95. The van der Waals surface area contributed by atoms with Gasteiger partial charge in [-0.25, -0.2) is 0 Å². The summed E-state index contributed by atoms with van der Waals surface area (Å²) in [6, 6.07) is 13.3. The molecule has 0 radical (unpaired) electrons. The third kappa shape index (κ3) is 5.28. The summed E-state index contributed by atoms with van der Waals surface area (Å²) in [5.41, 5.74) is 1.92. The van der Waals surface area contributed by atoms with Crippen molar-refractivity contribution in [2.75, 3.05) is 27.9 Å². The Morgan fingerprint density at radius 1 is 1.00 bits per heavy atom. The monoisotopic (exact) mass is 341 g/mol. The quantitative estimate of drug-likeness (QED) is 0.750. The number of ether oxygens (including phenoxy) is 3. The van der Waals surface area contributed by atoms with Crippen LogP contribution in [0.1, 0.15) is 11.1 Å². The van der Waals surface area contributed by atoms with Crippen molar-refractivity contribution >= 4 is 12.0 Å². The molecule has 0 saturated carbocycles. The van der Waals surface area contributed by atoms with E-state index in [9.17, 15) is 4.79 Å². The molecular formula is C20H23NO4. The molecule has 5 nitrogen and oxygen atoms in total. The van der Waals surface area contributed by atoms with E-state index in [0.29, 0.717) is 18.0 Å². The number of rotatable bonds is 8. The number of carbonyl (C=O) groups excluding carboxylic acids is 1. The number of hydrogen-bond donors (Lipinski definition) is 1. The maximum atomic E-state index is 12.0. The van der Waals surface area contributed by atoms with Crippen molar-refractivity contribution in [2.24, 2.45) is 0 Å². The fraction of sp³-hybridized carbons (Fsp3) is 0.250. The van der Waals surface area contributed by atoms with E-state index in [1.165, 1.54) is 6.08 Å². The highest BCUT2D eigenvalue weighted by Crippen LogP contribution is 2.31. The lowest BCUT2D eigenvalue weighted by Gasteiger charge is -2.09. The number of nitrogens with one attached hydrogen (secondary N) is 1. The molecule has 0 fully saturated rings. The van der Waals surface area contributed by atoms with Crippen LogP contribution in [0.2, 0.25) is 0 Å². The molecule has 5 heteroatoms. The molecule has 25 heavy (non-hydrogen) atoms. The Kier molecular flexibility index (Phi) is 6.89. The molecule has 1 N–H and O–H groups in total. The van der Waals surface area contributed by atoms with Crippen LogP contribution >= 0.6 is 0 Å².